The minimum atomic E-state index is 0.360. The van der Waals surface area contributed by atoms with Gasteiger partial charge in [-0.1, -0.05) is 0 Å². The Morgan fingerprint density at radius 2 is 1.82 bits per heavy atom. The minimum Gasteiger partial charge on any atom is -0.396 e. The smallest absolute Gasteiger partial charge is 0.149 e. The van der Waals surface area contributed by atoms with Gasteiger partial charge in [-0.25, -0.2) is 4.98 Å². The number of nitrogens with one attached hydrogen (secondary N) is 1. The van der Waals surface area contributed by atoms with Crippen LogP contribution in [-0.4, -0.2) is 16.5 Å². The number of rotatable bonds is 4. The maximum Gasteiger partial charge on any atom is 0.149 e. The van der Waals surface area contributed by atoms with Gasteiger partial charge in [0.2, 0.25) is 0 Å². The molecule has 0 saturated carbocycles. The van der Waals surface area contributed by atoms with Gasteiger partial charge in [-0.3, -0.25) is 4.98 Å². The molecule has 0 spiro atoms. The summed E-state index contributed by atoms with van der Waals surface area (Å²) in [6.45, 7) is 0.792. The lowest BCUT2D eigenvalue weighted by Crippen LogP contribution is -2.08. The maximum atomic E-state index is 5.62. The summed E-state index contributed by atoms with van der Waals surface area (Å²) in [5.74, 6) is 1.10. The standard InChI is InChI=1S/C12H15N5/c13-10-1-2-11(17-12(10)14)16-8-5-9-3-6-15-7-4-9/h1-4,6-7H,5,8,13H2,(H3,14,16,17). The molecule has 17 heavy (non-hydrogen) atoms. The van der Waals surface area contributed by atoms with Crippen LogP contribution in [-0.2, 0) is 6.42 Å². The van der Waals surface area contributed by atoms with E-state index in [1.54, 1.807) is 18.5 Å². The fourth-order valence-electron chi connectivity index (χ4n) is 1.47. The molecule has 0 aliphatic carbocycles. The maximum absolute atomic E-state index is 5.62. The van der Waals surface area contributed by atoms with Gasteiger partial charge in [0.1, 0.15) is 11.6 Å². The minimum absolute atomic E-state index is 0.360. The van der Waals surface area contributed by atoms with Crippen molar-refractivity contribution in [2.24, 2.45) is 0 Å². The molecule has 0 unspecified atom stereocenters. The number of nitrogens with two attached hydrogens (primary N) is 2. The highest BCUT2D eigenvalue weighted by atomic mass is 15.0. The topological polar surface area (TPSA) is 89.8 Å². The molecule has 0 atom stereocenters. The van der Waals surface area contributed by atoms with Crippen LogP contribution in [0.5, 0.6) is 0 Å². The Morgan fingerprint density at radius 1 is 1.06 bits per heavy atom. The van der Waals surface area contributed by atoms with E-state index in [4.69, 9.17) is 11.5 Å². The van der Waals surface area contributed by atoms with Crippen LogP contribution in [0.25, 0.3) is 0 Å². The third-order valence-electron chi connectivity index (χ3n) is 2.43. The SMILES string of the molecule is Nc1ccc(NCCc2ccncc2)nc1N. The molecule has 5 heteroatoms. The van der Waals surface area contributed by atoms with Crippen molar-refractivity contribution < 1.29 is 0 Å². The monoisotopic (exact) mass is 229 g/mol. The normalized spacial score (nSPS) is 10.1. The average Bonchev–Trinajstić information content (AvgIpc) is 2.35. The van der Waals surface area contributed by atoms with Gasteiger partial charge in [0, 0.05) is 18.9 Å². The van der Waals surface area contributed by atoms with Crippen LogP contribution in [0.3, 0.4) is 0 Å². The van der Waals surface area contributed by atoms with E-state index in [0.29, 0.717) is 11.5 Å². The second-order valence-corrected chi connectivity index (χ2v) is 3.70. The van der Waals surface area contributed by atoms with Gasteiger partial charge in [0.15, 0.2) is 0 Å². The molecular formula is C12H15N5. The van der Waals surface area contributed by atoms with Gasteiger partial charge in [-0.2, -0.15) is 0 Å². The predicted molar refractivity (Wildman–Crippen MR) is 69.5 cm³/mol. The molecular weight excluding hydrogens is 214 g/mol. The van der Waals surface area contributed by atoms with Crippen LogP contribution in [0.1, 0.15) is 5.56 Å². The third kappa shape index (κ3) is 3.07. The second kappa shape index (κ2) is 5.16. The summed E-state index contributed by atoms with van der Waals surface area (Å²) in [6.07, 6.45) is 4.48. The highest BCUT2D eigenvalue weighted by Crippen LogP contribution is 2.14. The first-order chi connectivity index (χ1) is 8.25. The van der Waals surface area contributed by atoms with Gasteiger partial charge in [0.25, 0.3) is 0 Å². The lowest BCUT2D eigenvalue weighted by atomic mass is 10.2. The molecule has 0 aliphatic rings. The Bertz CT molecular complexity index is 484. The fraction of sp³-hybridized carbons (Fsp3) is 0.167. The second-order valence-electron chi connectivity index (χ2n) is 3.70. The molecule has 2 rings (SSSR count). The van der Waals surface area contributed by atoms with Gasteiger partial charge in [-0.05, 0) is 36.2 Å². The third-order valence-corrected chi connectivity index (χ3v) is 2.43. The molecule has 0 fully saturated rings. The number of nitrogen functional groups attached to an aromatic ring is 2. The van der Waals surface area contributed by atoms with E-state index in [0.717, 1.165) is 18.8 Å². The van der Waals surface area contributed by atoms with Gasteiger partial charge in [0.05, 0.1) is 5.69 Å². The van der Waals surface area contributed by atoms with Crippen molar-refractivity contribution in [1.29, 1.82) is 0 Å². The molecule has 0 aliphatic heterocycles. The summed E-state index contributed by atoms with van der Waals surface area (Å²) in [7, 11) is 0. The van der Waals surface area contributed by atoms with Crippen molar-refractivity contribution in [1.82, 2.24) is 9.97 Å². The summed E-state index contributed by atoms with van der Waals surface area (Å²) in [5.41, 5.74) is 12.9. The number of hydrogen-bond donors (Lipinski definition) is 3. The number of aromatic nitrogens is 2. The number of pyridine rings is 2. The first-order valence-corrected chi connectivity index (χ1v) is 5.40. The molecule has 2 heterocycles. The fourth-order valence-corrected chi connectivity index (χ4v) is 1.47. The van der Waals surface area contributed by atoms with Crippen LogP contribution in [0.2, 0.25) is 0 Å². The molecule has 5 nitrogen and oxygen atoms in total. The van der Waals surface area contributed by atoms with E-state index < -0.39 is 0 Å². The van der Waals surface area contributed by atoms with Gasteiger partial charge < -0.3 is 16.8 Å². The Balaban J connectivity index is 1.88. The zero-order valence-electron chi connectivity index (χ0n) is 9.43. The lowest BCUT2D eigenvalue weighted by Gasteiger charge is -2.07. The Hall–Kier alpha value is -2.30. The van der Waals surface area contributed by atoms with Gasteiger partial charge >= 0.3 is 0 Å². The van der Waals surface area contributed by atoms with Crippen LogP contribution >= 0.6 is 0 Å². The quantitative estimate of drug-likeness (QED) is 0.735. The summed E-state index contributed by atoms with van der Waals surface area (Å²) in [6, 6.07) is 7.55. The van der Waals surface area contributed by atoms with E-state index in [9.17, 15) is 0 Å². The van der Waals surface area contributed by atoms with E-state index in [1.165, 1.54) is 5.56 Å². The molecule has 2 aromatic rings. The van der Waals surface area contributed by atoms with Crippen LogP contribution in [0.15, 0.2) is 36.7 Å². The summed E-state index contributed by atoms with van der Waals surface area (Å²) < 4.78 is 0. The van der Waals surface area contributed by atoms with Crippen molar-refractivity contribution in [3.63, 3.8) is 0 Å². The average molecular weight is 229 g/mol. The zero-order valence-corrected chi connectivity index (χ0v) is 9.43. The molecule has 2 aromatic heterocycles. The highest BCUT2D eigenvalue weighted by molar-refractivity contribution is 5.61. The predicted octanol–water partition coefficient (Wildman–Crippen LogP) is 1.30. The Kier molecular flexibility index (Phi) is 3.40. The molecule has 0 radical (unpaired) electrons. The first-order valence-electron chi connectivity index (χ1n) is 5.40. The molecule has 5 N–H and O–H groups in total. The summed E-state index contributed by atoms with van der Waals surface area (Å²) in [4.78, 5) is 8.10. The first kappa shape index (κ1) is 11.2. The van der Waals surface area contributed by atoms with E-state index in [-0.39, 0.29) is 0 Å². The summed E-state index contributed by atoms with van der Waals surface area (Å²) >= 11 is 0. The van der Waals surface area contributed by atoms with Crippen molar-refractivity contribution >= 4 is 17.3 Å². The lowest BCUT2D eigenvalue weighted by molar-refractivity contribution is 1.00. The van der Waals surface area contributed by atoms with E-state index >= 15 is 0 Å². The number of anilines is 3. The highest BCUT2D eigenvalue weighted by Gasteiger charge is 1.98. The van der Waals surface area contributed by atoms with E-state index in [2.05, 4.69) is 15.3 Å². The number of hydrogen-bond acceptors (Lipinski definition) is 5. The molecule has 0 aromatic carbocycles. The molecule has 0 saturated heterocycles. The van der Waals surface area contributed by atoms with Crippen LogP contribution < -0.4 is 16.8 Å². The molecule has 0 amide bonds. The Labute approximate surface area is 99.9 Å². The Morgan fingerprint density at radius 3 is 2.53 bits per heavy atom. The van der Waals surface area contributed by atoms with Gasteiger partial charge in [-0.15, -0.1) is 0 Å². The zero-order chi connectivity index (χ0) is 12.1. The van der Waals surface area contributed by atoms with Crippen molar-refractivity contribution in [2.45, 2.75) is 6.42 Å². The molecule has 88 valence electrons. The molecule has 0 bridgehead atoms. The van der Waals surface area contributed by atoms with Crippen LogP contribution in [0, 0.1) is 0 Å². The number of nitrogens with zero attached hydrogens (tertiary/aromatic N) is 2. The van der Waals surface area contributed by atoms with Crippen molar-refractivity contribution in [2.75, 3.05) is 23.3 Å². The van der Waals surface area contributed by atoms with E-state index in [1.807, 2.05) is 18.2 Å². The van der Waals surface area contributed by atoms with Crippen molar-refractivity contribution in [3.8, 4) is 0 Å². The summed E-state index contributed by atoms with van der Waals surface area (Å²) in [5, 5.41) is 3.19. The van der Waals surface area contributed by atoms with Crippen molar-refractivity contribution in [3.05, 3.63) is 42.2 Å². The van der Waals surface area contributed by atoms with Crippen LogP contribution in [0.4, 0.5) is 17.3 Å². The largest absolute Gasteiger partial charge is 0.396 e.